The van der Waals surface area contributed by atoms with Crippen molar-refractivity contribution in [2.75, 3.05) is 0 Å². The van der Waals surface area contributed by atoms with Crippen molar-refractivity contribution in [1.29, 1.82) is 0 Å². The van der Waals surface area contributed by atoms with E-state index in [1.807, 2.05) is 0 Å². The Morgan fingerprint density at radius 1 is 1.47 bits per heavy atom. The summed E-state index contributed by atoms with van der Waals surface area (Å²) >= 11 is 0. The third kappa shape index (κ3) is 2.18. The van der Waals surface area contributed by atoms with Gasteiger partial charge in [-0.2, -0.15) is 0 Å². The van der Waals surface area contributed by atoms with Crippen LogP contribution in [0.15, 0.2) is 21.5 Å². The Hall–Kier alpha value is -1.78. The first-order valence-electron chi connectivity index (χ1n) is 4.48. The lowest BCUT2D eigenvalue weighted by Gasteiger charge is -2.15. The van der Waals surface area contributed by atoms with Gasteiger partial charge in [-0.1, -0.05) is 13.8 Å². The van der Waals surface area contributed by atoms with Crippen molar-refractivity contribution < 1.29 is 19.4 Å². The molecular weight excluding hydrogens is 200 g/mol. The first-order valence-corrected chi connectivity index (χ1v) is 4.48. The van der Waals surface area contributed by atoms with Crippen molar-refractivity contribution in [1.82, 2.24) is 0 Å². The molecule has 0 fully saturated rings. The summed E-state index contributed by atoms with van der Waals surface area (Å²) in [5.41, 5.74) is -0.636. The Morgan fingerprint density at radius 2 is 2.07 bits per heavy atom. The summed E-state index contributed by atoms with van der Waals surface area (Å²) < 4.78 is 4.89. The summed E-state index contributed by atoms with van der Waals surface area (Å²) in [5, 5.41) is 18.3. The summed E-state index contributed by atoms with van der Waals surface area (Å²) in [6.07, 6.45) is 1.08. The standard InChI is InChI=1S/C10H12O5/c1-5(2)7(10(13)14)9-8(12)6(11)3-4-15-9/h3-5,7,12H,1-2H3,(H,13,14). The molecular formula is C10H12O5. The highest BCUT2D eigenvalue weighted by atomic mass is 16.4. The van der Waals surface area contributed by atoms with Gasteiger partial charge in [0.25, 0.3) is 0 Å². The van der Waals surface area contributed by atoms with E-state index < -0.39 is 23.1 Å². The van der Waals surface area contributed by atoms with Crippen molar-refractivity contribution in [3.05, 3.63) is 28.3 Å². The van der Waals surface area contributed by atoms with Gasteiger partial charge in [-0.15, -0.1) is 0 Å². The summed E-state index contributed by atoms with van der Waals surface area (Å²) in [6.45, 7) is 3.34. The molecule has 1 heterocycles. The van der Waals surface area contributed by atoms with E-state index in [2.05, 4.69) is 0 Å². The highest BCUT2D eigenvalue weighted by molar-refractivity contribution is 5.76. The van der Waals surface area contributed by atoms with Gasteiger partial charge in [0.2, 0.25) is 11.2 Å². The zero-order valence-corrected chi connectivity index (χ0v) is 8.43. The average molecular weight is 212 g/mol. The van der Waals surface area contributed by atoms with Crippen LogP contribution >= 0.6 is 0 Å². The highest BCUT2D eigenvalue weighted by Crippen LogP contribution is 2.29. The van der Waals surface area contributed by atoms with Crippen LogP contribution < -0.4 is 5.43 Å². The first kappa shape index (κ1) is 11.3. The fraction of sp³-hybridized carbons (Fsp3) is 0.400. The van der Waals surface area contributed by atoms with E-state index in [0.29, 0.717) is 0 Å². The van der Waals surface area contributed by atoms with Gasteiger partial charge in [0, 0.05) is 6.07 Å². The maximum absolute atomic E-state index is 11.1. The smallest absolute Gasteiger partial charge is 0.314 e. The Kier molecular flexibility index (Phi) is 3.14. The van der Waals surface area contributed by atoms with Crippen LogP contribution in [-0.4, -0.2) is 16.2 Å². The van der Waals surface area contributed by atoms with Crippen molar-refractivity contribution in [3.8, 4) is 5.75 Å². The molecule has 1 unspecified atom stereocenters. The van der Waals surface area contributed by atoms with Crippen molar-refractivity contribution in [2.24, 2.45) is 5.92 Å². The first-order chi connectivity index (χ1) is 6.95. The lowest BCUT2D eigenvalue weighted by molar-refractivity contribution is -0.140. The van der Waals surface area contributed by atoms with Crippen molar-refractivity contribution >= 4 is 5.97 Å². The van der Waals surface area contributed by atoms with Gasteiger partial charge in [0.05, 0.1) is 6.26 Å². The summed E-state index contributed by atoms with van der Waals surface area (Å²) in [4.78, 5) is 22.0. The summed E-state index contributed by atoms with van der Waals surface area (Å²) in [5.74, 6) is -3.24. The Bertz CT molecular complexity index is 418. The Labute approximate surface area is 86.0 Å². The quantitative estimate of drug-likeness (QED) is 0.785. The molecule has 82 valence electrons. The maximum atomic E-state index is 11.1. The molecule has 0 saturated carbocycles. The van der Waals surface area contributed by atoms with Gasteiger partial charge >= 0.3 is 5.97 Å². The number of carboxylic acids is 1. The van der Waals surface area contributed by atoms with Crippen LogP contribution in [0.1, 0.15) is 25.5 Å². The predicted octanol–water partition coefficient (Wildman–Crippen LogP) is 1.17. The Morgan fingerprint density at radius 3 is 2.53 bits per heavy atom. The van der Waals surface area contributed by atoms with Gasteiger partial charge in [0.1, 0.15) is 5.92 Å². The van der Waals surface area contributed by atoms with Crippen LogP contribution in [0.2, 0.25) is 0 Å². The second-order valence-electron chi connectivity index (χ2n) is 3.56. The minimum atomic E-state index is -1.13. The predicted molar refractivity (Wildman–Crippen MR) is 51.9 cm³/mol. The van der Waals surface area contributed by atoms with E-state index in [-0.39, 0.29) is 11.7 Å². The van der Waals surface area contributed by atoms with E-state index in [1.54, 1.807) is 13.8 Å². The van der Waals surface area contributed by atoms with E-state index in [1.165, 1.54) is 0 Å². The molecule has 0 bridgehead atoms. The van der Waals surface area contributed by atoms with E-state index >= 15 is 0 Å². The second-order valence-corrected chi connectivity index (χ2v) is 3.56. The number of carbonyl (C=O) groups is 1. The van der Waals surface area contributed by atoms with Crippen LogP contribution in [0.5, 0.6) is 5.75 Å². The lowest BCUT2D eigenvalue weighted by Crippen LogP contribution is -2.19. The molecule has 0 aliphatic carbocycles. The number of carboxylic acid groups (broad SMARTS) is 1. The molecule has 0 amide bonds. The number of hydrogen-bond acceptors (Lipinski definition) is 4. The molecule has 5 nitrogen and oxygen atoms in total. The normalized spacial score (nSPS) is 12.7. The van der Waals surface area contributed by atoms with Gasteiger partial charge < -0.3 is 14.6 Å². The number of aromatic hydroxyl groups is 1. The van der Waals surface area contributed by atoms with Crippen LogP contribution in [0.4, 0.5) is 0 Å². The van der Waals surface area contributed by atoms with E-state index in [0.717, 1.165) is 12.3 Å². The largest absolute Gasteiger partial charge is 0.502 e. The number of hydrogen-bond donors (Lipinski definition) is 2. The fourth-order valence-electron chi connectivity index (χ4n) is 1.35. The Balaban J connectivity index is 3.29. The third-order valence-electron chi connectivity index (χ3n) is 2.10. The number of rotatable bonds is 3. The maximum Gasteiger partial charge on any atom is 0.314 e. The molecule has 0 radical (unpaired) electrons. The molecule has 15 heavy (non-hydrogen) atoms. The monoisotopic (exact) mass is 212 g/mol. The molecule has 5 heteroatoms. The van der Waals surface area contributed by atoms with Crippen LogP contribution in [-0.2, 0) is 4.79 Å². The van der Waals surface area contributed by atoms with E-state index in [4.69, 9.17) is 9.52 Å². The van der Waals surface area contributed by atoms with Crippen molar-refractivity contribution in [3.63, 3.8) is 0 Å². The van der Waals surface area contributed by atoms with Gasteiger partial charge in [-0.3, -0.25) is 9.59 Å². The molecule has 1 atom stereocenters. The zero-order valence-electron chi connectivity index (χ0n) is 8.43. The molecule has 0 aliphatic heterocycles. The SMILES string of the molecule is CC(C)C(C(=O)O)c1occc(=O)c1O. The van der Waals surface area contributed by atoms with Gasteiger partial charge in [-0.25, -0.2) is 0 Å². The minimum absolute atomic E-state index is 0.190. The molecule has 0 spiro atoms. The molecule has 0 aromatic carbocycles. The average Bonchev–Trinajstić information content (AvgIpc) is 2.11. The highest BCUT2D eigenvalue weighted by Gasteiger charge is 2.29. The van der Waals surface area contributed by atoms with E-state index in [9.17, 15) is 14.7 Å². The lowest BCUT2D eigenvalue weighted by atomic mass is 9.92. The van der Waals surface area contributed by atoms with Crippen LogP contribution in [0, 0.1) is 5.92 Å². The molecule has 0 saturated heterocycles. The van der Waals surface area contributed by atoms with Crippen LogP contribution in [0.3, 0.4) is 0 Å². The molecule has 0 aliphatic rings. The van der Waals surface area contributed by atoms with Gasteiger partial charge in [0.15, 0.2) is 5.76 Å². The van der Waals surface area contributed by atoms with Crippen LogP contribution in [0.25, 0.3) is 0 Å². The minimum Gasteiger partial charge on any atom is -0.502 e. The zero-order chi connectivity index (χ0) is 11.6. The van der Waals surface area contributed by atoms with Gasteiger partial charge in [-0.05, 0) is 5.92 Å². The molecule has 1 aromatic rings. The second kappa shape index (κ2) is 4.16. The number of aliphatic carboxylic acids is 1. The third-order valence-corrected chi connectivity index (χ3v) is 2.10. The molecule has 1 rings (SSSR count). The molecule has 2 N–H and O–H groups in total. The summed E-state index contributed by atoms with van der Waals surface area (Å²) in [6, 6.07) is 1.04. The van der Waals surface area contributed by atoms with Crippen molar-refractivity contribution in [2.45, 2.75) is 19.8 Å². The summed E-state index contributed by atoms with van der Waals surface area (Å²) in [7, 11) is 0. The molecule has 1 aromatic heterocycles. The fourth-order valence-corrected chi connectivity index (χ4v) is 1.35. The topological polar surface area (TPSA) is 87.7 Å².